The maximum absolute atomic E-state index is 4.52. The predicted molar refractivity (Wildman–Crippen MR) is 77.1 cm³/mol. The number of nitrogens with zero attached hydrogens (tertiary/aromatic N) is 1. The van der Waals surface area contributed by atoms with E-state index in [1.54, 1.807) is 11.8 Å². The van der Waals surface area contributed by atoms with Crippen LogP contribution in [0.2, 0.25) is 0 Å². The topological polar surface area (TPSA) is 24.9 Å². The van der Waals surface area contributed by atoms with Gasteiger partial charge in [0.25, 0.3) is 0 Å². The van der Waals surface area contributed by atoms with Gasteiger partial charge in [0.2, 0.25) is 0 Å². The van der Waals surface area contributed by atoms with E-state index in [0.717, 1.165) is 12.8 Å². The summed E-state index contributed by atoms with van der Waals surface area (Å²) in [5, 5.41) is 3.63. The fraction of sp³-hybridized carbons (Fsp3) is 0.267. The Kier molecular flexibility index (Phi) is 3.24. The first-order valence-electron chi connectivity index (χ1n) is 6.22. The van der Waals surface area contributed by atoms with Gasteiger partial charge in [-0.25, -0.2) is 0 Å². The number of anilines is 1. The van der Waals surface area contributed by atoms with Gasteiger partial charge in [-0.15, -0.1) is 11.8 Å². The molecule has 3 rings (SSSR count). The van der Waals surface area contributed by atoms with Crippen molar-refractivity contribution in [3.8, 4) is 0 Å². The minimum Gasteiger partial charge on any atom is -0.376 e. The summed E-state index contributed by atoms with van der Waals surface area (Å²) in [6.07, 6.45) is 6.26. The highest BCUT2D eigenvalue weighted by atomic mass is 32.2. The average molecular weight is 256 g/mol. The number of para-hydroxylation sites is 1. The Bertz CT molecular complexity index is 554. The van der Waals surface area contributed by atoms with Gasteiger partial charge in [0, 0.05) is 16.8 Å². The molecule has 0 aliphatic heterocycles. The molecule has 0 spiro atoms. The molecule has 1 heterocycles. The largest absolute Gasteiger partial charge is 0.376 e. The fourth-order valence-corrected chi connectivity index (χ4v) is 3.07. The van der Waals surface area contributed by atoms with Gasteiger partial charge in [-0.1, -0.05) is 18.2 Å². The van der Waals surface area contributed by atoms with Crippen LogP contribution in [0.1, 0.15) is 23.7 Å². The van der Waals surface area contributed by atoms with Crippen molar-refractivity contribution in [2.24, 2.45) is 0 Å². The van der Waals surface area contributed by atoms with E-state index >= 15 is 0 Å². The minimum atomic E-state index is 0.356. The van der Waals surface area contributed by atoms with E-state index in [2.05, 4.69) is 46.9 Å². The first-order chi connectivity index (χ1) is 8.88. The molecular formula is C15H16N2S. The van der Waals surface area contributed by atoms with Crippen molar-refractivity contribution in [3.63, 3.8) is 0 Å². The van der Waals surface area contributed by atoms with Crippen LogP contribution in [0.25, 0.3) is 0 Å². The predicted octanol–water partition coefficient (Wildman–Crippen LogP) is 3.90. The molecule has 1 aromatic heterocycles. The van der Waals surface area contributed by atoms with Crippen LogP contribution in [0.3, 0.4) is 0 Å². The van der Waals surface area contributed by atoms with E-state index in [0.29, 0.717) is 6.04 Å². The fourth-order valence-electron chi connectivity index (χ4n) is 2.50. The lowest BCUT2D eigenvalue weighted by molar-refractivity contribution is 0.743. The number of thioether (sulfide) groups is 1. The third kappa shape index (κ3) is 2.10. The van der Waals surface area contributed by atoms with Crippen LogP contribution in [-0.2, 0) is 6.42 Å². The molecule has 0 saturated heterocycles. The summed E-state index contributed by atoms with van der Waals surface area (Å²) in [5.41, 5.74) is 3.82. The lowest BCUT2D eigenvalue weighted by Gasteiger charge is -2.16. The highest BCUT2D eigenvalue weighted by Gasteiger charge is 2.23. The van der Waals surface area contributed by atoms with Crippen molar-refractivity contribution < 1.29 is 0 Å². The first-order valence-corrected chi connectivity index (χ1v) is 7.44. The minimum absolute atomic E-state index is 0.356. The molecule has 1 N–H and O–H groups in total. The van der Waals surface area contributed by atoms with E-state index in [1.807, 2.05) is 12.3 Å². The number of nitrogens with one attached hydrogen (secondary N) is 1. The Balaban J connectivity index is 1.86. The van der Waals surface area contributed by atoms with Gasteiger partial charge in [0.15, 0.2) is 0 Å². The Labute approximate surface area is 112 Å². The van der Waals surface area contributed by atoms with E-state index in [9.17, 15) is 0 Å². The average Bonchev–Trinajstić information content (AvgIpc) is 2.83. The molecule has 3 heteroatoms. The van der Waals surface area contributed by atoms with Crippen LogP contribution in [-0.4, -0.2) is 11.2 Å². The quantitative estimate of drug-likeness (QED) is 0.843. The zero-order chi connectivity index (χ0) is 12.4. The lowest BCUT2D eigenvalue weighted by Crippen LogP contribution is -2.09. The second kappa shape index (κ2) is 5.02. The molecule has 0 radical (unpaired) electrons. The Morgan fingerprint density at radius 3 is 3.00 bits per heavy atom. The van der Waals surface area contributed by atoms with Gasteiger partial charge >= 0.3 is 0 Å². The maximum Gasteiger partial charge on any atom is 0.0691 e. The van der Waals surface area contributed by atoms with E-state index in [1.165, 1.54) is 21.8 Å². The third-order valence-electron chi connectivity index (χ3n) is 3.40. The summed E-state index contributed by atoms with van der Waals surface area (Å²) < 4.78 is 0. The second-order valence-corrected chi connectivity index (χ2v) is 5.33. The molecule has 2 nitrogen and oxygen atoms in total. The molecule has 0 saturated carbocycles. The highest BCUT2D eigenvalue weighted by Crippen LogP contribution is 2.34. The molecule has 2 aromatic rings. The molecule has 1 aliphatic rings. The van der Waals surface area contributed by atoms with Crippen molar-refractivity contribution in [2.45, 2.75) is 23.8 Å². The number of pyridine rings is 1. The smallest absolute Gasteiger partial charge is 0.0691 e. The van der Waals surface area contributed by atoms with Crippen molar-refractivity contribution >= 4 is 17.4 Å². The van der Waals surface area contributed by atoms with Crippen LogP contribution in [0.4, 0.5) is 5.69 Å². The van der Waals surface area contributed by atoms with Crippen LogP contribution in [0, 0.1) is 0 Å². The third-order valence-corrected chi connectivity index (χ3v) is 4.19. The van der Waals surface area contributed by atoms with Crippen molar-refractivity contribution in [1.82, 2.24) is 4.98 Å². The molecule has 0 bridgehead atoms. The number of hydrogen-bond donors (Lipinski definition) is 1. The molecular weight excluding hydrogens is 240 g/mol. The molecule has 1 aromatic carbocycles. The van der Waals surface area contributed by atoms with Crippen molar-refractivity contribution in [1.29, 1.82) is 0 Å². The second-order valence-electron chi connectivity index (χ2n) is 4.48. The Morgan fingerprint density at radius 1 is 1.22 bits per heavy atom. The number of fused-ring (bicyclic) bond motifs is 1. The summed E-state index contributed by atoms with van der Waals surface area (Å²) in [6, 6.07) is 13.0. The highest BCUT2D eigenvalue weighted by molar-refractivity contribution is 7.98. The zero-order valence-corrected chi connectivity index (χ0v) is 11.2. The number of aryl methyl sites for hydroxylation is 1. The van der Waals surface area contributed by atoms with Gasteiger partial charge in [-0.3, -0.25) is 4.98 Å². The zero-order valence-electron chi connectivity index (χ0n) is 10.4. The summed E-state index contributed by atoms with van der Waals surface area (Å²) >= 11 is 1.78. The summed E-state index contributed by atoms with van der Waals surface area (Å²) in [4.78, 5) is 5.82. The van der Waals surface area contributed by atoms with Gasteiger partial charge in [-0.2, -0.15) is 0 Å². The SMILES string of the molecule is CSc1ccccc1NC1CCc2cccnc21. The number of aromatic nitrogens is 1. The molecule has 92 valence electrons. The number of hydrogen-bond acceptors (Lipinski definition) is 3. The molecule has 0 fully saturated rings. The molecule has 1 aliphatic carbocycles. The van der Waals surface area contributed by atoms with Crippen molar-refractivity contribution in [2.75, 3.05) is 11.6 Å². The van der Waals surface area contributed by atoms with Crippen LogP contribution in [0.15, 0.2) is 47.5 Å². The molecule has 1 atom stereocenters. The van der Waals surface area contributed by atoms with Crippen molar-refractivity contribution in [3.05, 3.63) is 53.9 Å². The van der Waals surface area contributed by atoms with Crippen LogP contribution < -0.4 is 5.32 Å². The molecule has 1 unspecified atom stereocenters. The Morgan fingerprint density at radius 2 is 2.11 bits per heavy atom. The van der Waals surface area contributed by atoms with Gasteiger partial charge in [0.05, 0.1) is 11.7 Å². The van der Waals surface area contributed by atoms with E-state index in [4.69, 9.17) is 0 Å². The van der Waals surface area contributed by atoms with Gasteiger partial charge in [-0.05, 0) is 42.9 Å². The van der Waals surface area contributed by atoms with E-state index < -0.39 is 0 Å². The van der Waals surface area contributed by atoms with E-state index in [-0.39, 0.29) is 0 Å². The van der Waals surface area contributed by atoms with Gasteiger partial charge < -0.3 is 5.32 Å². The van der Waals surface area contributed by atoms with Gasteiger partial charge in [0.1, 0.15) is 0 Å². The first kappa shape index (κ1) is 11.6. The summed E-state index contributed by atoms with van der Waals surface area (Å²) in [5.74, 6) is 0. The summed E-state index contributed by atoms with van der Waals surface area (Å²) in [6.45, 7) is 0. The number of rotatable bonds is 3. The normalized spacial score (nSPS) is 17.5. The molecule has 18 heavy (non-hydrogen) atoms. The number of benzene rings is 1. The molecule has 0 amide bonds. The monoisotopic (exact) mass is 256 g/mol. The van der Waals surface area contributed by atoms with Crippen LogP contribution in [0.5, 0.6) is 0 Å². The Hall–Kier alpha value is -1.48. The van der Waals surface area contributed by atoms with Crippen LogP contribution >= 0.6 is 11.8 Å². The standard InChI is InChI=1S/C15H16N2S/c1-18-14-7-3-2-6-12(14)17-13-9-8-11-5-4-10-16-15(11)13/h2-7,10,13,17H,8-9H2,1H3. The maximum atomic E-state index is 4.52. The summed E-state index contributed by atoms with van der Waals surface area (Å²) in [7, 11) is 0. The lowest BCUT2D eigenvalue weighted by atomic mass is 10.2.